The van der Waals surface area contributed by atoms with E-state index in [4.69, 9.17) is 14.2 Å². The maximum atomic E-state index is 11.7. The average Bonchev–Trinajstić information content (AvgIpc) is 2.21. The smallest absolute Gasteiger partial charge is 0.466 e. The van der Waals surface area contributed by atoms with E-state index in [-0.39, 0.29) is 0 Å². The van der Waals surface area contributed by atoms with Gasteiger partial charge in [-0.1, -0.05) is 0 Å². The molecule has 0 aromatic rings. The summed E-state index contributed by atoms with van der Waals surface area (Å²) in [6.45, 7) is 10.0. The number of methoxy groups -OCH3 is 1. The lowest BCUT2D eigenvalue weighted by Gasteiger charge is -2.23. The Labute approximate surface area is 124 Å². The first kappa shape index (κ1) is 19.2. The van der Waals surface area contributed by atoms with E-state index in [0.29, 0.717) is 0 Å². The lowest BCUT2D eigenvalue weighted by molar-refractivity contribution is -0.165. The summed E-state index contributed by atoms with van der Waals surface area (Å²) in [6.07, 6.45) is -2.90. The van der Waals surface area contributed by atoms with E-state index in [2.05, 4.69) is 4.74 Å². The van der Waals surface area contributed by atoms with Gasteiger partial charge in [0.1, 0.15) is 11.2 Å². The number of carbonyl (C=O) groups is 3. The summed E-state index contributed by atoms with van der Waals surface area (Å²) < 4.78 is 19.3. The molecule has 0 saturated heterocycles. The van der Waals surface area contributed by atoms with Crippen molar-refractivity contribution >= 4 is 18.1 Å². The Morgan fingerprint density at radius 2 is 1.38 bits per heavy atom. The van der Waals surface area contributed by atoms with Gasteiger partial charge in [-0.05, 0) is 41.5 Å². The maximum absolute atomic E-state index is 11.7. The summed E-state index contributed by atoms with van der Waals surface area (Å²) in [5.74, 6) is -1.53. The molecule has 0 aliphatic heterocycles. The van der Waals surface area contributed by atoms with Gasteiger partial charge in [-0.3, -0.25) is 4.79 Å². The maximum Gasteiger partial charge on any atom is 0.509 e. The number of carbonyl (C=O) groups excluding carboxylic acids is 3. The van der Waals surface area contributed by atoms with Crippen molar-refractivity contribution in [1.82, 2.24) is 0 Å². The first-order valence-corrected chi connectivity index (χ1v) is 6.53. The van der Waals surface area contributed by atoms with Crippen LogP contribution in [-0.4, -0.2) is 42.5 Å². The zero-order valence-electron chi connectivity index (χ0n) is 13.6. The number of hydrogen-bond acceptors (Lipinski definition) is 7. The van der Waals surface area contributed by atoms with Crippen molar-refractivity contribution in [2.75, 3.05) is 7.11 Å². The van der Waals surface area contributed by atoms with E-state index < -0.39 is 41.8 Å². The Morgan fingerprint density at radius 1 is 0.905 bits per heavy atom. The van der Waals surface area contributed by atoms with Crippen molar-refractivity contribution in [2.45, 2.75) is 65.3 Å². The highest BCUT2D eigenvalue weighted by Crippen LogP contribution is 2.14. The molecule has 0 aromatic carbocycles. The van der Waals surface area contributed by atoms with Crippen molar-refractivity contribution in [1.29, 1.82) is 0 Å². The number of rotatable bonds is 4. The molecule has 7 nitrogen and oxygen atoms in total. The van der Waals surface area contributed by atoms with Crippen LogP contribution in [0, 0.1) is 0 Å². The summed E-state index contributed by atoms with van der Waals surface area (Å²) in [5, 5.41) is 0. The molecular weight excluding hydrogens is 280 g/mol. The lowest BCUT2D eigenvalue weighted by atomic mass is 10.2. The molecule has 0 fully saturated rings. The van der Waals surface area contributed by atoms with Gasteiger partial charge in [0.2, 0.25) is 6.10 Å². The minimum atomic E-state index is -1.40. The summed E-state index contributed by atoms with van der Waals surface area (Å²) in [5.41, 5.74) is -1.48. The van der Waals surface area contributed by atoms with E-state index in [1.54, 1.807) is 41.5 Å². The molecule has 0 aliphatic carbocycles. The molecule has 7 heteroatoms. The van der Waals surface area contributed by atoms with Crippen LogP contribution in [0.2, 0.25) is 0 Å². The first-order chi connectivity index (χ1) is 9.34. The van der Waals surface area contributed by atoms with Gasteiger partial charge >= 0.3 is 18.1 Å². The van der Waals surface area contributed by atoms with E-state index in [9.17, 15) is 14.4 Å². The molecule has 0 heterocycles. The van der Waals surface area contributed by atoms with Gasteiger partial charge in [-0.15, -0.1) is 0 Å². The quantitative estimate of drug-likeness (QED) is 0.581. The molecule has 0 aliphatic rings. The molecule has 122 valence electrons. The highest BCUT2D eigenvalue weighted by Gasteiger charge is 2.31. The van der Waals surface area contributed by atoms with Gasteiger partial charge in [-0.25, -0.2) is 9.59 Å². The fourth-order valence-corrected chi connectivity index (χ4v) is 1.23. The minimum Gasteiger partial charge on any atom is -0.466 e. The van der Waals surface area contributed by atoms with Crippen LogP contribution < -0.4 is 0 Å². The predicted molar refractivity (Wildman–Crippen MR) is 73.6 cm³/mol. The summed E-state index contributed by atoms with van der Waals surface area (Å²) in [7, 11) is 1.13. The van der Waals surface area contributed by atoms with Crippen LogP contribution in [0.3, 0.4) is 0 Å². The Kier molecular flexibility index (Phi) is 6.66. The van der Waals surface area contributed by atoms with E-state index in [1.165, 1.54) is 0 Å². The van der Waals surface area contributed by atoms with Gasteiger partial charge in [0.15, 0.2) is 0 Å². The Balaban J connectivity index is 4.72. The second kappa shape index (κ2) is 7.28. The van der Waals surface area contributed by atoms with Gasteiger partial charge in [0.05, 0.1) is 13.5 Å². The number of esters is 2. The topological polar surface area (TPSA) is 88.1 Å². The third-order valence-corrected chi connectivity index (χ3v) is 1.86. The molecule has 0 N–H and O–H groups in total. The fraction of sp³-hybridized carbons (Fsp3) is 0.786. The molecule has 0 amide bonds. The standard InChI is InChI=1S/C14H24O7/c1-13(2,3)20-10(15)8-9(11(16)18-7)19-12(17)21-14(4,5)6/h9H,8H2,1-7H3/t9-/m0/s1. The monoisotopic (exact) mass is 304 g/mol. The molecule has 0 rings (SSSR count). The van der Waals surface area contributed by atoms with Crippen LogP contribution in [0.1, 0.15) is 48.0 Å². The number of ether oxygens (including phenoxy) is 4. The van der Waals surface area contributed by atoms with Crippen molar-refractivity contribution in [3.8, 4) is 0 Å². The lowest BCUT2D eigenvalue weighted by Crippen LogP contribution is -2.35. The third-order valence-electron chi connectivity index (χ3n) is 1.86. The molecule has 0 aromatic heterocycles. The third kappa shape index (κ3) is 9.70. The molecule has 0 saturated carbocycles. The van der Waals surface area contributed by atoms with Crippen molar-refractivity contribution in [3.05, 3.63) is 0 Å². The Morgan fingerprint density at radius 3 is 1.76 bits per heavy atom. The van der Waals surface area contributed by atoms with Crippen molar-refractivity contribution < 1.29 is 33.3 Å². The van der Waals surface area contributed by atoms with Crippen molar-refractivity contribution in [2.24, 2.45) is 0 Å². The average molecular weight is 304 g/mol. The van der Waals surface area contributed by atoms with Crippen LogP contribution in [0.5, 0.6) is 0 Å². The predicted octanol–water partition coefficient (Wildman–Crippen LogP) is 2.21. The van der Waals surface area contributed by atoms with Gasteiger partial charge in [0.25, 0.3) is 0 Å². The van der Waals surface area contributed by atoms with Gasteiger partial charge in [0, 0.05) is 0 Å². The molecular formula is C14H24O7. The second-order valence-corrected chi connectivity index (χ2v) is 6.38. The van der Waals surface area contributed by atoms with Crippen molar-refractivity contribution in [3.63, 3.8) is 0 Å². The molecule has 0 radical (unpaired) electrons. The second-order valence-electron chi connectivity index (χ2n) is 6.38. The van der Waals surface area contributed by atoms with Crippen LogP contribution in [0.25, 0.3) is 0 Å². The van der Waals surface area contributed by atoms with E-state index in [0.717, 1.165) is 7.11 Å². The summed E-state index contributed by atoms with van der Waals surface area (Å²) in [4.78, 5) is 34.8. The summed E-state index contributed by atoms with van der Waals surface area (Å²) >= 11 is 0. The van der Waals surface area contributed by atoms with E-state index in [1.807, 2.05) is 0 Å². The Hall–Kier alpha value is -1.79. The normalized spacial score (nSPS) is 13.1. The fourth-order valence-electron chi connectivity index (χ4n) is 1.23. The minimum absolute atomic E-state index is 0.441. The van der Waals surface area contributed by atoms with Gasteiger partial charge in [-0.2, -0.15) is 0 Å². The zero-order valence-corrected chi connectivity index (χ0v) is 13.6. The molecule has 0 spiro atoms. The molecule has 21 heavy (non-hydrogen) atoms. The molecule has 1 atom stereocenters. The largest absolute Gasteiger partial charge is 0.509 e. The van der Waals surface area contributed by atoms with Crippen LogP contribution in [0.4, 0.5) is 4.79 Å². The number of hydrogen-bond donors (Lipinski definition) is 0. The SMILES string of the molecule is COC(=O)[C@H](CC(=O)OC(C)(C)C)OC(=O)OC(C)(C)C. The Bertz CT molecular complexity index is 357. The van der Waals surface area contributed by atoms with E-state index >= 15 is 0 Å². The summed E-state index contributed by atoms with van der Waals surface area (Å²) in [6, 6.07) is 0. The highest BCUT2D eigenvalue weighted by atomic mass is 16.7. The van der Waals surface area contributed by atoms with Crippen LogP contribution >= 0.6 is 0 Å². The zero-order chi connectivity index (χ0) is 16.8. The van der Waals surface area contributed by atoms with Crippen LogP contribution in [0.15, 0.2) is 0 Å². The van der Waals surface area contributed by atoms with Crippen LogP contribution in [-0.2, 0) is 28.5 Å². The molecule has 0 unspecified atom stereocenters. The highest BCUT2D eigenvalue weighted by molar-refractivity contribution is 5.83. The first-order valence-electron chi connectivity index (χ1n) is 6.53. The van der Waals surface area contributed by atoms with Gasteiger partial charge < -0.3 is 18.9 Å². The molecule has 0 bridgehead atoms.